The van der Waals surface area contributed by atoms with Crippen molar-refractivity contribution < 1.29 is 10.2 Å². The number of aliphatic hydroxyl groups excluding tert-OH is 2. The Morgan fingerprint density at radius 2 is 2.24 bits per heavy atom. The molecule has 0 spiro atoms. The number of anilines is 1. The van der Waals surface area contributed by atoms with E-state index in [1.807, 2.05) is 0 Å². The van der Waals surface area contributed by atoms with Crippen molar-refractivity contribution in [2.45, 2.75) is 19.4 Å². The van der Waals surface area contributed by atoms with Crippen LogP contribution >= 0.6 is 11.6 Å². The van der Waals surface area contributed by atoms with Gasteiger partial charge >= 0.3 is 0 Å². The summed E-state index contributed by atoms with van der Waals surface area (Å²) < 4.78 is 0. The molecule has 1 aliphatic rings. The van der Waals surface area contributed by atoms with Gasteiger partial charge in [-0.1, -0.05) is 11.6 Å². The zero-order valence-corrected chi connectivity index (χ0v) is 10.3. The number of halogens is 1. The van der Waals surface area contributed by atoms with E-state index in [-0.39, 0.29) is 19.1 Å². The van der Waals surface area contributed by atoms with E-state index in [4.69, 9.17) is 11.6 Å². The van der Waals surface area contributed by atoms with Crippen LogP contribution in [0.25, 0.3) is 0 Å². The van der Waals surface area contributed by atoms with Gasteiger partial charge in [0.05, 0.1) is 12.2 Å². The van der Waals surface area contributed by atoms with E-state index in [0.29, 0.717) is 16.5 Å². The van der Waals surface area contributed by atoms with Crippen LogP contribution in [0.1, 0.15) is 18.4 Å². The molecule has 2 N–H and O–H groups in total. The monoisotopic (exact) mass is 257 g/mol. The molecule has 0 bridgehead atoms. The average Bonchev–Trinajstić information content (AvgIpc) is 2.38. The lowest BCUT2D eigenvalue weighted by Crippen LogP contribution is -2.38. The number of hydrogen-bond acceptors (Lipinski definition) is 5. The summed E-state index contributed by atoms with van der Waals surface area (Å²) in [5.41, 5.74) is 0.563. The molecule has 0 saturated carbocycles. The minimum Gasteiger partial charge on any atom is -0.396 e. The molecule has 1 aliphatic heterocycles. The predicted octanol–water partition coefficient (Wildman–Crippen LogP) is 0.831. The molecule has 1 saturated heterocycles. The Kier molecular flexibility index (Phi) is 4.15. The molecule has 2 heterocycles. The van der Waals surface area contributed by atoms with Crippen LogP contribution in [0.15, 0.2) is 6.33 Å². The molecule has 0 aromatic carbocycles. The maximum Gasteiger partial charge on any atom is 0.140 e. The fourth-order valence-electron chi connectivity index (χ4n) is 2.20. The lowest BCUT2D eigenvalue weighted by molar-refractivity contribution is 0.208. The van der Waals surface area contributed by atoms with Gasteiger partial charge < -0.3 is 15.1 Å². The van der Waals surface area contributed by atoms with Gasteiger partial charge in [0, 0.05) is 19.7 Å². The van der Waals surface area contributed by atoms with E-state index in [1.165, 1.54) is 6.33 Å². The first-order valence-corrected chi connectivity index (χ1v) is 6.10. The summed E-state index contributed by atoms with van der Waals surface area (Å²) in [7, 11) is 0. The first-order valence-electron chi connectivity index (χ1n) is 5.72. The van der Waals surface area contributed by atoms with Crippen LogP contribution < -0.4 is 4.90 Å². The van der Waals surface area contributed by atoms with Gasteiger partial charge in [-0.2, -0.15) is 0 Å². The third-order valence-corrected chi connectivity index (χ3v) is 3.43. The molecule has 0 radical (unpaired) electrons. The largest absolute Gasteiger partial charge is 0.396 e. The molecule has 1 aromatic heterocycles. The van der Waals surface area contributed by atoms with Crippen molar-refractivity contribution in [3.63, 3.8) is 0 Å². The van der Waals surface area contributed by atoms with Gasteiger partial charge in [-0.3, -0.25) is 0 Å². The lowest BCUT2D eigenvalue weighted by Gasteiger charge is -2.33. The summed E-state index contributed by atoms with van der Waals surface area (Å²) in [6, 6.07) is 0. The molecule has 6 heteroatoms. The molecule has 1 atom stereocenters. The first-order chi connectivity index (χ1) is 8.26. The number of hydrogen-bond donors (Lipinski definition) is 2. The Morgan fingerprint density at radius 1 is 1.41 bits per heavy atom. The van der Waals surface area contributed by atoms with Gasteiger partial charge in [-0.05, 0) is 18.8 Å². The zero-order valence-electron chi connectivity index (χ0n) is 9.51. The highest BCUT2D eigenvalue weighted by Gasteiger charge is 2.23. The number of rotatable bonds is 3. The Labute approximate surface area is 105 Å². The second kappa shape index (κ2) is 5.62. The standard InChI is InChI=1S/C11H16ClN3O2/c12-10-9(6-17)11(14-7-13-10)15-3-1-2-8(4-15)5-16/h7-8,16-17H,1-6H2. The molecule has 0 aliphatic carbocycles. The summed E-state index contributed by atoms with van der Waals surface area (Å²) >= 11 is 5.93. The minimum atomic E-state index is -0.171. The maximum absolute atomic E-state index is 9.31. The number of aromatic nitrogens is 2. The first kappa shape index (κ1) is 12.5. The van der Waals surface area contributed by atoms with Crippen LogP contribution in [0.4, 0.5) is 5.82 Å². The van der Waals surface area contributed by atoms with E-state index < -0.39 is 0 Å². The van der Waals surface area contributed by atoms with Gasteiger partial charge in [0.15, 0.2) is 0 Å². The van der Waals surface area contributed by atoms with Crippen molar-refractivity contribution in [3.05, 3.63) is 17.0 Å². The minimum absolute atomic E-state index is 0.171. The normalized spacial score (nSPS) is 20.6. The molecule has 17 heavy (non-hydrogen) atoms. The number of piperidine rings is 1. The van der Waals surface area contributed by atoms with Gasteiger partial charge in [-0.25, -0.2) is 9.97 Å². The third kappa shape index (κ3) is 2.68. The van der Waals surface area contributed by atoms with Gasteiger partial charge in [0.2, 0.25) is 0 Å². The Morgan fingerprint density at radius 3 is 2.94 bits per heavy atom. The second-order valence-electron chi connectivity index (χ2n) is 4.26. The van der Waals surface area contributed by atoms with Crippen molar-refractivity contribution in [1.82, 2.24) is 9.97 Å². The van der Waals surface area contributed by atoms with E-state index >= 15 is 0 Å². The fraction of sp³-hybridized carbons (Fsp3) is 0.636. The predicted molar refractivity (Wildman–Crippen MR) is 65.0 cm³/mol. The summed E-state index contributed by atoms with van der Waals surface area (Å²) in [5.74, 6) is 0.953. The molecule has 1 fully saturated rings. The summed E-state index contributed by atoms with van der Waals surface area (Å²) in [6.45, 7) is 1.63. The zero-order chi connectivity index (χ0) is 12.3. The highest BCUT2D eigenvalue weighted by Crippen LogP contribution is 2.27. The topological polar surface area (TPSA) is 69.5 Å². The Balaban J connectivity index is 2.24. The highest BCUT2D eigenvalue weighted by atomic mass is 35.5. The van der Waals surface area contributed by atoms with E-state index in [1.54, 1.807) is 0 Å². The molecule has 94 valence electrons. The highest BCUT2D eigenvalue weighted by molar-refractivity contribution is 6.30. The molecule has 2 rings (SSSR count). The van der Waals surface area contributed by atoms with Crippen LogP contribution in [0.3, 0.4) is 0 Å². The molecule has 5 nitrogen and oxygen atoms in total. The van der Waals surface area contributed by atoms with E-state index in [2.05, 4.69) is 14.9 Å². The third-order valence-electron chi connectivity index (χ3n) is 3.10. The molecular formula is C11H16ClN3O2. The molecule has 1 unspecified atom stereocenters. The second-order valence-corrected chi connectivity index (χ2v) is 4.62. The lowest BCUT2D eigenvalue weighted by atomic mass is 9.99. The van der Waals surface area contributed by atoms with Gasteiger partial charge in [-0.15, -0.1) is 0 Å². The SMILES string of the molecule is OCc1c(Cl)ncnc1N1CCCC(CO)C1. The van der Waals surface area contributed by atoms with E-state index in [0.717, 1.165) is 25.9 Å². The number of aliphatic hydroxyl groups is 2. The fourth-order valence-corrected chi connectivity index (χ4v) is 2.39. The summed E-state index contributed by atoms with van der Waals surface area (Å²) in [6.07, 6.45) is 3.44. The van der Waals surface area contributed by atoms with Crippen molar-refractivity contribution in [1.29, 1.82) is 0 Å². The summed E-state index contributed by atoms with van der Waals surface area (Å²) in [5, 5.41) is 18.8. The Hall–Kier alpha value is -0.910. The van der Waals surface area contributed by atoms with E-state index in [9.17, 15) is 10.2 Å². The van der Waals surface area contributed by atoms with Crippen molar-refractivity contribution in [2.24, 2.45) is 5.92 Å². The molecular weight excluding hydrogens is 242 g/mol. The van der Waals surface area contributed by atoms with Crippen molar-refractivity contribution in [3.8, 4) is 0 Å². The van der Waals surface area contributed by atoms with Crippen LogP contribution in [0.5, 0.6) is 0 Å². The summed E-state index contributed by atoms with van der Waals surface area (Å²) in [4.78, 5) is 10.1. The van der Waals surface area contributed by atoms with Gasteiger partial charge in [0.1, 0.15) is 17.3 Å². The number of nitrogens with zero attached hydrogens (tertiary/aromatic N) is 3. The van der Waals surface area contributed by atoms with Crippen LogP contribution in [-0.2, 0) is 6.61 Å². The average molecular weight is 258 g/mol. The van der Waals surface area contributed by atoms with Crippen molar-refractivity contribution in [2.75, 3.05) is 24.6 Å². The Bertz CT molecular complexity index is 389. The maximum atomic E-state index is 9.31. The quantitative estimate of drug-likeness (QED) is 0.785. The van der Waals surface area contributed by atoms with Crippen molar-refractivity contribution >= 4 is 17.4 Å². The molecule has 0 amide bonds. The van der Waals surface area contributed by atoms with Crippen LogP contribution in [0, 0.1) is 5.92 Å². The molecule has 1 aromatic rings. The van der Waals surface area contributed by atoms with Crippen LogP contribution in [-0.4, -0.2) is 39.9 Å². The smallest absolute Gasteiger partial charge is 0.140 e. The van der Waals surface area contributed by atoms with Gasteiger partial charge in [0.25, 0.3) is 0 Å². The van der Waals surface area contributed by atoms with Crippen LogP contribution in [0.2, 0.25) is 5.15 Å².